The lowest BCUT2D eigenvalue weighted by Gasteiger charge is -2.06. The molecule has 2 amide bonds. The molecule has 0 aliphatic heterocycles. The predicted octanol–water partition coefficient (Wildman–Crippen LogP) is 0.812. The Hall–Kier alpha value is -2.83. The van der Waals surface area contributed by atoms with E-state index in [0.29, 0.717) is 5.88 Å². The Kier molecular flexibility index (Phi) is 5.74. The zero-order valence-electron chi connectivity index (χ0n) is 13.2. The summed E-state index contributed by atoms with van der Waals surface area (Å²) < 4.78 is 7.14. The number of aromatic nitrogens is 2. The van der Waals surface area contributed by atoms with E-state index < -0.39 is 0 Å². The van der Waals surface area contributed by atoms with Crippen LogP contribution in [0.5, 0.6) is 5.88 Å². The number of benzene rings is 1. The van der Waals surface area contributed by atoms with Gasteiger partial charge in [-0.15, -0.1) is 5.10 Å². The highest BCUT2D eigenvalue weighted by Crippen LogP contribution is 2.17. The van der Waals surface area contributed by atoms with E-state index in [9.17, 15) is 9.59 Å². The van der Waals surface area contributed by atoms with Crippen LogP contribution in [0.15, 0.2) is 36.5 Å². The molecule has 0 spiro atoms. The largest absolute Gasteiger partial charge is 0.466 e. The van der Waals surface area contributed by atoms with E-state index in [1.807, 2.05) is 43.5 Å². The van der Waals surface area contributed by atoms with E-state index in [4.69, 9.17) is 4.74 Å². The Bertz CT molecular complexity index is 667. The van der Waals surface area contributed by atoms with Crippen molar-refractivity contribution < 1.29 is 14.3 Å². The van der Waals surface area contributed by atoms with Gasteiger partial charge in [-0.25, -0.2) is 4.68 Å². The van der Waals surface area contributed by atoms with Crippen molar-refractivity contribution in [2.45, 2.75) is 13.3 Å². The van der Waals surface area contributed by atoms with Crippen molar-refractivity contribution in [1.82, 2.24) is 20.4 Å². The van der Waals surface area contributed by atoms with Crippen LogP contribution in [-0.4, -0.2) is 41.8 Å². The summed E-state index contributed by atoms with van der Waals surface area (Å²) in [6.07, 6.45) is 2.08. The first-order valence-corrected chi connectivity index (χ1v) is 7.32. The molecule has 2 aromatic rings. The SMILES string of the molecule is CNC(=O)CCNC(=O)COc1nn(-c2ccccc2)cc1C. The maximum Gasteiger partial charge on any atom is 0.258 e. The Morgan fingerprint density at radius 1 is 1.22 bits per heavy atom. The van der Waals surface area contributed by atoms with Crippen LogP contribution in [0.4, 0.5) is 0 Å². The highest BCUT2D eigenvalue weighted by atomic mass is 16.5. The zero-order valence-corrected chi connectivity index (χ0v) is 13.2. The Balaban J connectivity index is 1.85. The van der Waals surface area contributed by atoms with E-state index in [1.54, 1.807) is 11.7 Å². The molecule has 7 nitrogen and oxygen atoms in total. The van der Waals surface area contributed by atoms with Crippen LogP contribution >= 0.6 is 0 Å². The average molecular weight is 316 g/mol. The number of para-hydroxylation sites is 1. The van der Waals surface area contributed by atoms with Crippen LogP contribution in [0.25, 0.3) is 5.69 Å². The third kappa shape index (κ3) is 4.84. The molecule has 0 radical (unpaired) electrons. The van der Waals surface area contributed by atoms with Gasteiger partial charge in [0.1, 0.15) is 0 Å². The van der Waals surface area contributed by atoms with Crippen molar-refractivity contribution in [3.8, 4) is 11.6 Å². The van der Waals surface area contributed by atoms with Gasteiger partial charge in [0.25, 0.3) is 5.91 Å². The van der Waals surface area contributed by atoms with Crippen molar-refractivity contribution in [1.29, 1.82) is 0 Å². The van der Waals surface area contributed by atoms with Crippen LogP contribution in [0.3, 0.4) is 0 Å². The summed E-state index contributed by atoms with van der Waals surface area (Å²) in [5, 5.41) is 9.43. The number of amides is 2. The number of nitrogens with zero attached hydrogens (tertiary/aromatic N) is 2. The monoisotopic (exact) mass is 316 g/mol. The number of carbonyl (C=O) groups is 2. The molecular formula is C16H20N4O3. The summed E-state index contributed by atoms with van der Waals surface area (Å²) in [4.78, 5) is 22.7. The molecule has 0 unspecified atom stereocenters. The number of nitrogens with one attached hydrogen (secondary N) is 2. The van der Waals surface area contributed by atoms with Gasteiger partial charge in [-0.3, -0.25) is 9.59 Å². The summed E-state index contributed by atoms with van der Waals surface area (Å²) in [6, 6.07) is 9.64. The minimum absolute atomic E-state index is 0.122. The summed E-state index contributed by atoms with van der Waals surface area (Å²) in [6.45, 7) is 2.00. The van der Waals surface area contributed by atoms with Gasteiger partial charge < -0.3 is 15.4 Å². The number of ether oxygens (including phenoxy) is 1. The summed E-state index contributed by atoms with van der Waals surface area (Å²) in [5.41, 5.74) is 1.76. The quantitative estimate of drug-likeness (QED) is 0.792. The lowest BCUT2D eigenvalue weighted by atomic mass is 10.3. The molecular weight excluding hydrogens is 296 g/mol. The number of carbonyl (C=O) groups excluding carboxylic acids is 2. The molecule has 122 valence electrons. The Morgan fingerprint density at radius 2 is 1.96 bits per heavy atom. The van der Waals surface area contributed by atoms with Crippen molar-refractivity contribution in [3.63, 3.8) is 0 Å². The van der Waals surface area contributed by atoms with E-state index in [1.165, 1.54) is 0 Å². The fourth-order valence-electron chi connectivity index (χ4n) is 1.93. The number of hydrogen-bond acceptors (Lipinski definition) is 4. The Morgan fingerprint density at radius 3 is 2.65 bits per heavy atom. The molecule has 0 aliphatic rings. The lowest BCUT2D eigenvalue weighted by molar-refractivity contribution is -0.123. The van der Waals surface area contributed by atoms with Gasteiger partial charge in [0, 0.05) is 31.8 Å². The summed E-state index contributed by atoms with van der Waals surface area (Å²) in [7, 11) is 1.55. The first-order chi connectivity index (χ1) is 11.1. The first-order valence-electron chi connectivity index (χ1n) is 7.32. The van der Waals surface area contributed by atoms with Crippen molar-refractivity contribution in [2.75, 3.05) is 20.2 Å². The van der Waals surface area contributed by atoms with Crippen LogP contribution in [-0.2, 0) is 9.59 Å². The molecule has 0 aliphatic carbocycles. The molecule has 1 aromatic heterocycles. The highest BCUT2D eigenvalue weighted by molar-refractivity contribution is 5.79. The highest BCUT2D eigenvalue weighted by Gasteiger charge is 2.10. The molecule has 0 atom stereocenters. The van der Waals surface area contributed by atoms with Gasteiger partial charge in [-0.1, -0.05) is 18.2 Å². The molecule has 2 rings (SSSR count). The number of rotatable bonds is 7. The fraction of sp³-hybridized carbons (Fsp3) is 0.312. The molecule has 1 aromatic carbocycles. The minimum atomic E-state index is -0.289. The zero-order chi connectivity index (χ0) is 16.7. The fourth-order valence-corrected chi connectivity index (χ4v) is 1.93. The standard InChI is InChI=1S/C16H20N4O3/c1-12-10-20(13-6-4-3-5-7-13)19-16(12)23-11-15(22)18-9-8-14(21)17-2/h3-7,10H,8-9,11H2,1-2H3,(H,17,21)(H,18,22). The van der Waals surface area contributed by atoms with Gasteiger partial charge in [-0.05, 0) is 19.1 Å². The lowest BCUT2D eigenvalue weighted by Crippen LogP contribution is -2.32. The van der Waals surface area contributed by atoms with Crippen LogP contribution in [0, 0.1) is 6.92 Å². The molecule has 1 heterocycles. The van der Waals surface area contributed by atoms with Gasteiger partial charge >= 0.3 is 0 Å². The third-order valence-electron chi connectivity index (χ3n) is 3.17. The van der Waals surface area contributed by atoms with Crippen molar-refractivity contribution >= 4 is 11.8 Å². The maximum atomic E-state index is 11.7. The van der Waals surface area contributed by atoms with Crippen LogP contribution < -0.4 is 15.4 Å². The van der Waals surface area contributed by atoms with E-state index >= 15 is 0 Å². The smallest absolute Gasteiger partial charge is 0.258 e. The average Bonchev–Trinajstić information content (AvgIpc) is 2.94. The number of aryl methyl sites for hydroxylation is 1. The van der Waals surface area contributed by atoms with Crippen molar-refractivity contribution in [3.05, 3.63) is 42.1 Å². The molecule has 0 saturated heterocycles. The Labute approximate surface area is 134 Å². The second-order valence-electron chi connectivity index (χ2n) is 4.96. The topological polar surface area (TPSA) is 85.2 Å². The van der Waals surface area contributed by atoms with E-state index in [2.05, 4.69) is 15.7 Å². The summed E-state index contributed by atoms with van der Waals surface area (Å²) >= 11 is 0. The second-order valence-corrected chi connectivity index (χ2v) is 4.96. The van der Waals surface area contributed by atoms with Gasteiger partial charge in [0.05, 0.1) is 5.69 Å². The minimum Gasteiger partial charge on any atom is -0.466 e. The normalized spacial score (nSPS) is 10.2. The molecule has 2 N–H and O–H groups in total. The van der Waals surface area contributed by atoms with Crippen LogP contribution in [0.1, 0.15) is 12.0 Å². The first kappa shape index (κ1) is 16.5. The molecule has 23 heavy (non-hydrogen) atoms. The molecule has 7 heteroatoms. The molecule has 0 bridgehead atoms. The van der Waals surface area contributed by atoms with Gasteiger partial charge in [0.2, 0.25) is 11.8 Å². The maximum absolute atomic E-state index is 11.7. The van der Waals surface area contributed by atoms with Gasteiger partial charge in [-0.2, -0.15) is 0 Å². The predicted molar refractivity (Wildman–Crippen MR) is 85.5 cm³/mol. The second kappa shape index (κ2) is 7.98. The number of hydrogen-bond donors (Lipinski definition) is 2. The van der Waals surface area contributed by atoms with E-state index in [-0.39, 0.29) is 31.4 Å². The third-order valence-corrected chi connectivity index (χ3v) is 3.17. The van der Waals surface area contributed by atoms with Crippen LogP contribution in [0.2, 0.25) is 0 Å². The van der Waals surface area contributed by atoms with E-state index in [0.717, 1.165) is 11.3 Å². The summed E-state index contributed by atoms with van der Waals surface area (Å²) in [5.74, 6) is 0.00142. The molecule has 0 saturated carbocycles. The van der Waals surface area contributed by atoms with Gasteiger partial charge in [0.15, 0.2) is 6.61 Å². The molecule has 0 fully saturated rings. The van der Waals surface area contributed by atoms with Crippen molar-refractivity contribution in [2.24, 2.45) is 0 Å².